The van der Waals surface area contributed by atoms with E-state index >= 15 is 0 Å². The number of likely N-dealkylation sites (N-methyl/N-ethyl adjacent to an activating group) is 1. The highest BCUT2D eigenvalue weighted by Crippen LogP contribution is 2.33. The summed E-state index contributed by atoms with van der Waals surface area (Å²) in [5, 5.41) is 2.91. The zero-order chi connectivity index (χ0) is 18.6. The van der Waals surface area contributed by atoms with Crippen molar-refractivity contribution in [1.82, 2.24) is 10.2 Å². The lowest BCUT2D eigenvalue weighted by atomic mass is 10.2. The predicted molar refractivity (Wildman–Crippen MR) is 98.3 cm³/mol. The van der Waals surface area contributed by atoms with Crippen LogP contribution in [0.2, 0.25) is 0 Å². The molecule has 7 nitrogen and oxygen atoms in total. The number of fused-ring (bicyclic) bond motifs is 2. The van der Waals surface area contributed by atoms with Gasteiger partial charge in [0, 0.05) is 6.54 Å². The first-order valence-corrected chi connectivity index (χ1v) is 8.89. The van der Waals surface area contributed by atoms with Crippen molar-refractivity contribution in [2.45, 2.75) is 12.6 Å². The van der Waals surface area contributed by atoms with E-state index in [9.17, 15) is 4.79 Å². The number of rotatable bonds is 6. The number of para-hydroxylation sites is 2. The average molecular weight is 370 g/mol. The summed E-state index contributed by atoms with van der Waals surface area (Å²) in [4.78, 5) is 14.2. The van der Waals surface area contributed by atoms with Gasteiger partial charge in [0.2, 0.25) is 12.7 Å². The highest BCUT2D eigenvalue weighted by atomic mass is 16.7. The molecule has 142 valence electrons. The second-order valence-corrected chi connectivity index (χ2v) is 6.66. The minimum Gasteiger partial charge on any atom is -0.486 e. The maximum atomic E-state index is 12.2. The molecule has 0 saturated carbocycles. The number of carbonyl (C=O) groups excluding carboxylic acids is 1. The van der Waals surface area contributed by atoms with Crippen LogP contribution >= 0.6 is 0 Å². The third kappa shape index (κ3) is 4.25. The molecule has 0 bridgehead atoms. The molecule has 2 aliphatic rings. The van der Waals surface area contributed by atoms with E-state index in [1.54, 1.807) is 0 Å². The first kappa shape index (κ1) is 17.5. The third-order valence-corrected chi connectivity index (χ3v) is 4.40. The Kier molecular flexibility index (Phi) is 5.02. The van der Waals surface area contributed by atoms with Gasteiger partial charge in [0.25, 0.3) is 0 Å². The van der Waals surface area contributed by atoms with Crippen molar-refractivity contribution in [3.63, 3.8) is 0 Å². The van der Waals surface area contributed by atoms with E-state index in [1.165, 1.54) is 0 Å². The molecule has 0 aliphatic carbocycles. The Morgan fingerprint density at radius 3 is 2.74 bits per heavy atom. The number of amides is 1. The number of carbonyl (C=O) groups is 1. The van der Waals surface area contributed by atoms with Gasteiger partial charge in [-0.25, -0.2) is 0 Å². The first-order valence-electron chi connectivity index (χ1n) is 8.89. The second-order valence-electron chi connectivity index (χ2n) is 6.66. The Hall–Kier alpha value is -2.93. The van der Waals surface area contributed by atoms with E-state index in [0.29, 0.717) is 32.0 Å². The zero-order valence-electron chi connectivity index (χ0n) is 15.1. The van der Waals surface area contributed by atoms with Gasteiger partial charge in [-0.15, -0.1) is 0 Å². The number of nitrogens with one attached hydrogen (secondary N) is 1. The van der Waals surface area contributed by atoms with Crippen LogP contribution in [-0.2, 0) is 11.3 Å². The zero-order valence-corrected chi connectivity index (χ0v) is 15.1. The van der Waals surface area contributed by atoms with Crippen LogP contribution in [0.3, 0.4) is 0 Å². The summed E-state index contributed by atoms with van der Waals surface area (Å²) in [5.74, 6) is 2.91. The van der Waals surface area contributed by atoms with Gasteiger partial charge in [-0.05, 0) is 36.9 Å². The largest absolute Gasteiger partial charge is 0.486 e. The van der Waals surface area contributed by atoms with Crippen LogP contribution < -0.4 is 24.3 Å². The second kappa shape index (κ2) is 7.75. The quantitative estimate of drug-likeness (QED) is 0.836. The molecule has 2 aliphatic heterocycles. The minimum atomic E-state index is -0.192. The molecule has 1 amide bonds. The van der Waals surface area contributed by atoms with E-state index in [-0.39, 0.29) is 18.8 Å². The van der Waals surface area contributed by atoms with Crippen molar-refractivity contribution in [1.29, 1.82) is 0 Å². The van der Waals surface area contributed by atoms with Crippen molar-refractivity contribution in [2.24, 2.45) is 0 Å². The lowest BCUT2D eigenvalue weighted by Crippen LogP contribution is -2.43. The molecule has 2 aromatic carbocycles. The molecular weight excluding hydrogens is 348 g/mol. The summed E-state index contributed by atoms with van der Waals surface area (Å²) in [6.45, 7) is 2.02. The lowest BCUT2D eigenvalue weighted by Gasteiger charge is -2.26. The van der Waals surface area contributed by atoms with Gasteiger partial charge < -0.3 is 24.3 Å². The molecule has 0 spiro atoms. The normalized spacial score (nSPS) is 17.0. The van der Waals surface area contributed by atoms with Gasteiger partial charge in [0.05, 0.1) is 13.1 Å². The smallest absolute Gasteiger partial charge is 0.234 e. The van der Waals surface area contributed by atoms with Crippen LogP contribution in [0.4, 0.5) is 0 Å². The van der Waals surface area contributed by atoms with Gasteiger partial charge in [-0.1, -0.05) is 18.2 Å². The molecule has 2 aromatic rings. The number of benzene rings is 2. The summed E-state index contributed by atoms with van der Waals surface area (Å²) in [6.07, 6.45) is -0.192. The van der Waals surface area contributed by atoms with Gasteiger partial charge >= 0.3 is 0 Å². The number of nitrogens with zero attached hydrogens (tertiary/aromatic N) is 1. The third-order valence-electron chi connectivity index (χ3n) is 4.40. The van der Waals surface area contributed by atoms with Crippen LogP contribution in [-0.4, -0.2) is 50.4 Å². The SMILES string of the molecule is CN(CC(=O)NCC1COc2ccccc2O1)Cc1ccc2c(c1)OCO2. The van der Waals surface area contributed by atoms with Crippen LogP contribution in [0.25, 0.3) is 0 Å². The molecule has 4 rings (SSSR count). The molecule has 27 heavy (non-hydrogen) atoms. The fraction of sp³-hybridized carbons (Fsp3) is 0.350. The van der Waals surface area contributed by atoms with E-state index in [2.05, 4.69) is 5.32 Å². The standard InChI is InChI=1S/C20H22N2O5/c1-22(10-14-6-7-17-19(8-14)26-13-25-17)11-20(23)21-9-15-12-24-16-4-2-3-5-18(16)27-15/h2-8,15H,9-13H2,1H3,(H,21,23). The first-order chi connectivity index (χ1) is 13.2. The van der Waals surface area contributed by atoms with Crippen LogP contribution in [0, 0.1) is 0 Å². The molecule has 1 unspecified atom stereocenters. The highest BCUT2D eigenvalue weighted by molar-refractivity contribution is 5.78. The number of hydrogen-bond acceptors (Lipinski definition) is 6. The van der Waals surface area contributed by atoms with Crippen LogP contribution in [0.1, 0.15) is 5.56 Å². The Bertz CT molecular complexity index is 826. The van der Waals surface area contributed by atoms with Gasteiger partial charge in [0.15, 0.2) is 23.0 Å². The lowest BCUT2D eigenvalue weighted by molar-refractivity contribution is -0.122. The van der Waals surface area contributed by atoms with Crippen molar-refractivity contribution >= 4 is 5.91 Å². The Morgan fingerprint density at radius 1 is 1.07 bits per heavy atom. The molecule has 0 radical (unpaired) electrons. The summed E-state index contributed by atoms with van der Waals surface area (Å²) >= 11 is 0. The van der Waals surface area contributed by atoms with Crippen molar-refractivity contribution < 1.29 is 23.7 Å². The molecule has 0 aromatic heterocycles. The topological polar surface area (TPSA) is 69.3 Å². The van der Waals surface area contributed by atoms with Gasteiger partial charge in [0.1, 0.15) is 12.7 Å². The van der Waals surface area contributed by atoms with Crippen molar-refractivity contribution in [3.8, 4) is 23.0 Å². The summed E-state index contributed by atoms with van der Waals surface area (Å²) in [5.41, 5.74) is 1.06. The minimum absolute atomic E-state index is 0.0549. The maximum absolute atomic E-state index is 12.2. The fourth-order valence-corrected chi connectivity index (χ4v) is 3.10. The van der Waals surface area contributed by atoms with E-state index < -0.39 is 0 Å². The van der Waals surface area contributed by atoms with Gasteiger partial charge in [-0.3, -0.25) is 9.69 Å². The van der Waals surface area contributed by atoms with E-state index in [1.807, 2.05) is 54.4 Å². The number of hydrogen-bond donors (Lipinski definition) is 1. The molecule has 0 saturated heterocycles. The monoisotopic (exact) mass is 370 g/mol. The predicted octanol–water partition coefficient (Wildman–Crippen LogP) is 1.80. The molecule has 0 fully saturated rings. The molecule has 7 heteroatoms. The molecule has 1 atom stereocenters. The fourth-order valence-electron chi connectivity index (χ4n) is 3.10. The maximum Gasteiger partial charge on any atom is 0.234 e. The summed E-state index contributed by atoms with van der Waals surface area (Å²) in [6, 6.07) is 13.4. The van der Waals surface area contributed by atoms with E-state index in [4.69, 9.17) is 18.9 Å². The van der Waals surface area contributed by atoms with Crippen molar-refractivity contribution in [3.05, 3.63) is 48.0 Å². The summed E-state index contributed by atoms with van der Waals surface area (Å²) < 4.78 is 22.2. The average Bonchev–Trinajstić information content (AvgIpc) is 3.14. The van der Waals surface area contributed by atoms with Crippen LogP contribution in [0.5, 0.6) is 23.0 Å². The highest BCUT2D eigenvalue weighted by Gasteiger charge is 2.21. The Labute approximate surface area is 157 Å². The summed E-state index contributed by atoms with van der Waals surface area (Å²) in [7, 11) is 1.90. The molecular formula is C20H22N2O5. The van der Waals surface area contributed by atoms with Gasteiger partial charge in [-0.2, -0.15) is 0 Å². The Morgan fingerprint density at radius 2 is 1.85 bits per heavy atom. The molecule has 1 N–H and O–H groups in total. The Balaban J connectivity index is 1.22. The number of ether oxygens (including phenoxy) is 4. The van der Waals surface area contributed by atoms with E-state index in [0.717, 1.165) is 22.8 Å². The van der Waals surface area contributed by atoms with Crippen LogP contribution in [0.15, 0.2) is 42.5 Å². The van der Waals surface area contributed by atoms with Crippen molar-refractivity contribution in [2.75, 3.05) is 33.5 Å². The molecule has 2 heterocycles.